The third kappa shape index (κ3) is 1.69. The fourth-order valence-electron chi connectivity index (χ4n) is 1.62. The molecule has 1 heteroatoms. The van der Waals surface area contributed by atoms with E-state index in [1.54, 1.807) is 0 Å². The van der Waals surface area contributed by atoms with Crippen molar-refractivity contribution in [1.82, 2.24) is 4.98 Å². The Kier molecular flexibility index (Phi) is 2.26. The second-order valence-corrected chi connectivity index (χ2v) is 3.40. The smallest absolute Gasteiger partial charge is 0.0664 e. The maximum Gasteiger partial charge on any atom is 0.0664 e. The molecule has 1 aliphatic carbocycles. The molecular weight excluding hydrogens is 158 g/mol. The predicted molar refractivity (Wildman–Crippen MR) is 55.4 cm³/mol. The van der Waals surface area contributed by atoms with Gasteiger partial charge in [-0.25, -0.2) is 0 Å². The molecule has 0 saturated heterocycles. The Balaban J connectivity index is 2.49. The van der Waals surface area contributed by atoms with Crippen LogP contribution in [-0.2, 0) is 0 Å². The quantitative estimate of drug-likeness (QED) is 0.584. The van der Waals surface area contributed by atoms with E-state index in [4.69, 9.17) is 0 Å². The second kappa shape index (κ2) is 3.56. The zero-order valence-corrected chi connectivity index (χ0v) is 7.77. The Bertz CT molecular complexity index is 350. The Hall–Kier alpha value is -1.37. The number of pyridine rings is 1. The lowest BCUT2D eigenvalue weighted by atomic mass is 9.94. The summed E-state index contributed by atoms with van der Waals surface area (Å²) in [7, 11) is 0. The molecule has 0 saturated carbocycles. The minimum Gasteiger partial charge on any atom is -0.257 e. The van der Waals surface area contributed by atoms with Gasteiger partial charge in [-0.3, -0.25) is 4.98 Å². The molecule has 0 radical (unpaired) electrons. The van der Waals surface area contributed by atoms with Crippen LogP contribution in [0.2, 0.25) is 0 Å². The van der Waals surface area contributed by atoms with E-state index in [9.17, 15) is 0 Å². The Labute approximate surface area is 78.8 Å². The van der Waals surface area contributed by atoms with Gasteiger partial charge in [-0.2, -0.15) is 0 Å². The van der Waals surface area contributed by atoms with E-state index in [0.29, 0.717) is 5.92 Å². The second-order valence-electron chi connectivity index (χ2n) is 3.40. The average Bonchev–Trinajstić information content (AvgIpc) is 2.14. The predicted octanol–water partition coefficient (Wildman–Crippen LogP) is 3.16. The summed E-state index contributed by atoms with van der Waals surface area (Å²) in [5.74, 6) is 0.574. The molecule has 1 aromatic heterocycles. The van der Waals surface area contributed by atoms with Crippen LogP contribution in [0.15, 0.2) is 36.6 Å². The van der Waals surface area contributed by atoms with Crippen LogP contribution < -0.4 is 0 Å². The Morgan fingerprint density at radius 3 is 3.23 bits per heavy atom. The van der Waals surface area contributed by atoms with Crippen molar-refractivity contribution in [2.75, 3.05) is 0 Å². The highest BCUT2D eigenvalue weighted by atomic mass is 14.7. The lowest BCUT2D eigenvalue weighted by molar-refractivity contribution is 0.771. The van der Waals surface area contributed by atoms with Gasteiger partial charge in [-0.05, 0) is 30.0 Å². The van der Waals surface area contributed by atoms with Crippen molar-refractivity contribution in [3.8, 4) is 0 Å². The van der Waals surface area contributed by atoms with E-state index >= 15 is 0 Å². The van der Waals surface area contributed by atoms with Crippen LogP contribution in [0.3, 0.4) is 0 Å². The first-order valence-corrected chi connectivity index (χ1v) is 4.66. The van der Waals surface area contributed by atoms with Gasteiger partial charge in [0.25, 0.3) is 0 Å². The molecular formula is C12H13N. The molecule has 0 fully saturated rings. The molecule has 1 aromatic rings. The highest BCUT2D eigenvalue weighted by Gasteiger charge is 2.08. The number of hydrogen-bond acceptors (Lipinski definition) is 1. The first kappa shape index (κ1) is 8.24. The first-order valence-electron chi connectivity index (χ1n) is 4.66. The third-order valence-corrected chi connectivity index (χ3v) is 2.39. The molecule has 0 amide bonds. The Morgan fingerprint density at radius 1 is 1.38 bits per heavy atom. The van der Waals surface area contributed by atoms with Crippen LogP contribution in [0.5, 0.6) is 0 Å². The SMILES string of the molecule is CC1C/C=C/C=C\c2ncccc21. The molecule has 1 atom stereocenters. The van der Waals surface area contributed by atoms with E-state index < -0.39 is 0 Å². The normalized spacial score (nSPS) is 25.5. The van der Waals surface area contributed by atoms with Crippen molar-refractivity contribution < 1.29 is 0 Å². The van der Waals surface area contributed by atoms with Crippen LogP contribution in [0, 0.1) is 0 Å². The molecule has 0 spiro atoms. The van der Waals surface area contributed by atoms with Crippen molar-refractivity contribution in [3.63, 3.8) is 0 Å². The summed E-state index contributed by atoms with van der Waals surface area (Å²) < 4.78 is 0. The molecule has 1 unspecified atom stereocenters. The van der Waals surface area contributed by atoms with Crippen molar-refractivity contribution >= 4 is 6.08 Å². The van der Waals surface area contributed by atoms with E-state index in [-0.39, 0.29) is 0 Å². The molecule has 1 nitrogen and oxygen atoms in total. The largest absolute Gasteiger partial charge is 0.257 e. The van der Waals surface area contributed by atoms with Gasteiger partial charge >= 0.3 is 0 Å². The van der Waals surface area contributed by atoms with E-state index in [1.807, 2.05) is 12.3 Å². The summed E-state index contributed by atoms with van der Waals surface area (Å²) in [6, 6.07) is 4.17. The maximum absolute atomic E-state index is 4.35. The average molecular weight is 171 g/mol. The molecule has 0 bridgehead atoms. The lowest BCUT2D eigenvalue weighted by Gasteiger charge is -2.12. The van der Waals surface area contributed by atoms with Gasteiger partial charge in [0.05, 0.1) is 5.69 Å². The van der Waals surface area contributed by atoms with Crippen molar-refractivity contribution in [1.29, 1.82) is 0 Å². The topological polar surface area (TPSA) is 12.9 Å². The van der Waals surface area contributed by atoms with Crippen molar-refractivity contribution in [2.45, 2.75) is 19.3 Å². The van der Waals surface area contributed by atoms with E-state index in [2.05, 4.69) is 42.3 Å². The molecule has 1 aliphatic rings. The molecule has 0 N–H and O–H groups in total. The summed E-state index contributed by atoms with van der Waals surface area (Å²) in [5, 5.41) is 0. The van der Waals surface area contributed by atoms with E-state index in [1.165, 1.54) is 5.56 Å². The zero-order chi connectivity index (χ0) is 9.10. The number of fused-ring (bicyclic) bond motifs is 1. The van der Waals surface area contributed by atoms with Gasteiger partial charge in [0.1, 0.15) is 0 Å². The molecule has 66 valence electrons. The Morgan fingerprint density at radius 2 is 2.31 bits per heavy atom. The van der Waals surface area contributed by atoms with Gasteiger partial charge in [-0.15, -0.1) is 0 Å². The number of aromatic nitrogens is 1. The number of rotatable bonds is 0. The summed E-state index contributed by atoms with van der Waals surface area (Å²) in [6.07, 6.45) is 11.4. The van der Waals surface area contributed by atoms with Crippen LogP contribution >= 0.6 is 0 Å². The maximum atomic E-state index is 4.35. The van der Waals surface area contributed by atoms with Crippen molar-refractivity contribution in [2.24, 2.45) is 0 Å². The number of allylic oxidation sites excluding steroid dienone is 3. The first-order chi connectivity index (χ1) is 6.38. The van der Waals surface area contributed by atoms with Gasteiger partial charge in [0.15, 0.2) is 0 Å². The molecule has 0 aliphatic heterocycles. The van der Waals surface area contributed by atoms with Crippen LogP contribution in [0.1, 0.15) is 30.5 Å². The molecule has 0 aromatic carbocycles. The lowest BCUT2D eigenvalue weighted by Crippen LogP contribution is -1.98. The van der Waals surface area contributed by atoms with Crippen LogP contribution in [-0.4, -0.2) is 4.98 Å². The summed E-state index contributed by atoms with van der Waals surface area (Å²) in [4.78, 5) is 4.35. The fourth-order valence-corrected chi connectivity index (χ4v) is 1.62. The molecule has 2 rings (SSSR count). The standard InChI is InChI=1S/C12H13N/c1-10-6-3-2-4-8-12-11(10)7-5-9-13-12/h2-5,7-10H,6H2,1H3/b3-2+,8-4-. The summed E-state index contributed by atoms with van der Waals surface area (Å²) in [5.41, 5.74) is 2.46. The zero-order valence-electron chi connectivity index (χ0n) is 7.77. The van der Waals surface area contributed by atoms with Gasteiger partial charge in [0.2, 0.25) is 0 Å². The van der Waals surface area contributed by atoms with E-state index in [0.717, 1.165) is 12.1 Å². The molecule has 1 heterocycles. The number of nitrogens with zero attached hydrogens (tertiary/aromatic N) is 1. The van der Waals surface area contributed by atoms with Crippen LogP contribution in [0.25, 0.3) is 6.08 Å². The minimum absolute atomic E-state index is 0.574. The summed E-state index contributed by atoms with van der Waals surface area (Å²) >= 11 is 0. The third-order valence-electron chi connectivity index (χ3n) is 2.39. The fraction of sp³-hybridized carbons (Fsp3) is 0.250. The van der Waals surface area contributed by atoms with Gasteiger partial charge < -0.3 is 0 Å². The summed E-state index contributed by atoms with van der Waals surface area (Å²) in [6.45, 7) is 2.24. The molecule has 13 heavy (non-hydrogen) atoms. The monoisotopic (exact) mass is 171 g/mol. The highest BCUT2D eigenvalue weighted by Crippen LogP contribution is 2.24. The minimum atomic E-state index is 0.574. The number of hydrogen-bond donors (Lipinski definition) is 0. The highest BCUT2D eigenvalue weighted by molar-refractivity contribution is 5.52. The van der Waals surface area contributed by atoms with Crippen molar-refractivity contribution in [3.05, 3.63) is 47.8 Å². The van der Waals surface area contributed by atoms with Gasteiger partial charge in [0, 0.05) is 6.20 Å². The van der Waals surface area contributed by atoms with Gasteiger partial charge in [-0.1, -0.05) is 31.2 Å². The van der Waals surface area contributed by atoms with Crippen LogP contribution in [0.4, 0.5) is 0 Å².